The lowest BCUT2D eigenvalue weighted by Crippen LogP contribution is -2.50. The van der Waals surface area contributed by atoms with Gasteiger partial charge in [-0.05, 0) is 39.8 Å². The van der Waals surface area contributed by atoms with Crippen molar-refractivity contribution < 1.29 is 18.7 Å². The third-order valence-electron chi connectivity index (χ3n) is 2.84. The van der Waals surface area contributed by atoms with Crippen LogP contribution in [0.2, 0.25) is 0 Å². The molecule has 0 aliphatic rings. The highest BCUT2D eigenvalue weighted by Crippen LogP contribution is 2.13. The Hall–Kier alpha value is -1.82. The maximum atomic E-state index is 12.3. The summed E-state index contributed by atoms with van der Waals surface area (Å²) >= 11 is 0. The van der Waals surface area contributed by atoms with Gasteiger partial charge in [0.25, 0.3) is 5.91 Å². The lowest BCUT2D eigenvalue weighted by molar-refractivity contribution is -0.151. The van der Waals surface area contributed by atoms with Crippen molar-refractivity contribution in [1.82, 2.24) is 4.90 Å². The second-order valence-electron chi connectivity index (χ2n) is 4.80. The first-order valence-corrected chi connectivity index (χ1v) is 6.64. The molecule has 0 aliphatic carbocycles. The van der Waals surface area contributed by atoms with Gasteiger partial charge in [0.2, 0.25) is 0 Å². The number of nitrogens with two attached hydrogens (primary N) is 1. The van der Waals surface area contributed by atoms with Crippen molar-refractivity contribution in [1.29, 1.82) is 0 Å². The highest BCUT2D eigenvalue weighted by atomic mass is 16.5. The minimum absolute atomic E-state index is 0.103. The zero-order valence-corrected chi connectivity index (χ0v) is 12.4. The van der Waals surface area contributed by atoms with Crippen LogP contribution >= 0.6 is 0 Å². The summed E-state index contributed by atoms with van der Waals surface area (Å²) < 4.78 is 10.2. The third-order valence-corrected chi connectivity index (χ3v) is 2.84. The predicted molar refractivity (Wildman–Crippen MR) is 73.7 cm³/mol. The Morgan fingerprint density at radius 2 is 2.05 bits per heavy atom. The fourth-order valence-corrected chi connectivity index (χ4v) is 1.76. The molecule has 2 N–H and O–H groups in total. The van der Waals surface area contributed by atoms with E-state index in [1.54, 1.807) is 13.0 Å². The van der Waals surface area contributed by atoms with Gasteiger partial charge in [-0.15, -0.1) is 0 Å². The van der Waals surface area contributed by atoms with Crippen LogP contribution in [0.4, 0.5) is 0 Å². The molecule has 1 amide bonds. The van der Waals surface area contributed by atoms with E-state index in [2.05, 4.69) is 0 Å². The molecule has 112 valence electrons. The number of amides is 1. The van der Waals surface area contributed by atoms with E-state index in [4.69, 9.17) is 14.9 Å². The van der Waals surface area contributed by atoms with Crippen LogP contribution in [-0.4, -0.2) is 35.5 Å². The Morgan fingerprint density at radius 1 is 1.40 bits per heavy atom. The van der Waals surface area contributed by atoms with E-state index in [0.717, 1.165) is 5.76 Å². The van der Waals surface area contributed by atoms with Crippen molar-refractivity contribution in [2.45, 2.75) is 46.3 Å². The van der Waals surface area contributed by atoms with Crippen LogP contribution in [0.5, 0.6) is 0 Å². The summed E-state index contributed by atoms with van der Waals surface area (Å²) in [6, 6.07) is 2.22. The van der Waals surface area contributed by atoms with Crippen LogP contribution in [0.1, 0.15) is 32.3 Å². The van der Waals surface area contributed by atoms with Crippen molar-refractivity contribution >= 4 is 11.9 Å². The molecule has 6 heteroatoms. The first kappa shape index (κ1) is 16.2. The van der Waals surface area contributed by atoms with E-state index >= 15 is 0 Å². The number of furan rings is 1. The molecule has 1 unspecified atom stereocenters. The summed E-state index contributed by atoms with van der Waals surface area (Å²) in [4.78, 5) is 25.3. The Labute approximate surface area is 118 Å². The molecule has 1 heterocycles. The monoisotopic (exact) mass is 282 g/mol. The average Bonchev–Trinajstić information content (AvgIpc) is 2.79. The van der Waals surface area contributed by atoms with E-state index in [9.17, 15) is 9.59 Å². The molecule has 0 spiro atoms. The van der Waals surface area contributed by atoms with Gasteiger partial charge in [0.15, 0.2) is 6.04 Å². The Morgan fingerprint density at radius 3 is 2.50 bits per heavy atom. The molecule has 0 saturated heterocycles. The summed E-state index contributed by atoms with van der Waals surface area (Å²) in [5.74, 6) is 0.248. The van der Waals surface area contributed by atoms with E-state index in [1.807, 2.05) is 26.8 Å². The Bertz CT molecular complexity index is 467. The lowest BCUT2D eigenvalue weighted by atomic mass is 10.2. The molecule has 0 saturated carbocycles. The van der Waals surface area contributed by atoms with Crippen molar-refractivity contribution in [3.05, 3.63) is 23.7 Å². The Balaban J connectivity index is 2.80. The van der Waals surface area contributed by atoms with Crippen LogP contribution in [0, 0.1) is 6.92 Å². The molecule has 0 aliphatic heterocycles. The van der Waals surface area contributed by atoms with Crippen molar-refractivity contribution in [2.24, 2.45) is 5.73 Å². The summed E-state index contributed by atoms with van der Waals surface area (Å²) in [5, 5.41) is 0. The highest BCUT2D eigenvalue weighted by Gasteiger charge is 2.30. The van der Waals surface area contributed by atoms with Gasteiger partial charge in [-0.25, -0.2) is 4.79 Å². The van der Waals surface area contributed by atoms with Crippen molar-refractivity contribution in [2.75, 3.05) is 6.61 Å². The number of rotatable bonds is 6. The smallest absolute Gasteiger partial charge is 0.332 e. The number of nitrogens with zero attached hydrogens (tertiary/aromatic N) is 1. The van der Waals surface area contributed by atoms with Gasteiger partial charge >= 0.3 is 5.97 Å². The number of hydrogen-bond acceptors (Lipinski definition) is 5. The molecule has 0 bridgehead atoms. The van der Waals surface area contributed by atoms with Crippen molar-refractivity contribution in [3.8, 4) is 0 Å². The van der Waals surface area contributed by atoms with Gasteiger partial charge in [-0.1, -0.05) is 0 Å². The van der Waals surface area contributed by atoms with Gasteiger partial charge in [0, 0.05) is 6.04 Å². The fraction of sp³-hybridized carbons (Fsp3) is 0.571. The van der Waals surface area contributed by atoms with Crippen LogP contribution in [-0.2, 0) is 20.9 Å². The first-order chi connectivity index (χ1) is 9.36. The van der Waals surface area contributed by atoms with E-state index in [-0.39, 0.29) is 19.2 Å². The number of carbonyl (C=O) groups excluding carboxylic acids is 2. The number of carbonyl (C=O) groups is 2. The molecule has 6 nitrogen and oxygen atoms in total. The van der Waals surface area contributed by atoms with E-state index < -0.39 is 17.9 Å². The molecule has 0 fully saturated rings. The maximum Gasteiger partial charge on any atom is 0.332 e. The summed E-state index contributed by atoms with van der Waals surface area (Å²) in [5.41, 5.74) is 5.65. The number of hydrogen-bond donors (Lipinski definition) is 1. The first-order valence-electron chi connectivity index (χ1n) is 6.64. The standard InChI is InChI=1S/C14H22N2O4/c1-5-19-14(18)12(15)13(17)16(9(2)3)8-11-7-6-10(4)20-11/h6-7,9,12H,5,8,15H2,1-4H3. The molecule has 1 rings (SSSR count). The molecular weight excluding hydrogens is 260 g/mol. The molecule has 1 atom stereocenters. The quantitative estimate of drug-likeness (QED) is 0.626. The number of aryl methyl sites for hydroxylation is 1. The minimum atomic E-state index is -1.30. The fourth-order valence-electron chi connectivity index (χ4n) is 1.76. The molecule has 20 heavy (non-hydrogen) atoms. The van der Waals surface area contributed by atoms with Crippen molar-refractivity contribution in [3.63, 3.8) is 0 Å². The second-order valence-corrected chi connectivity index (χ2v) is 4.80. The SMILES string of the molecule is CCOC(=O)C(N)C(=O)N(Cc1ccc(C)o1)C(C)C. The zero-order chi connectivity index (χ0) is 15.3. The number of ether oxygens (including phenoxy) is 1. The van der Waals surface area contributed by atoms with E-state index in [0.29, 0.717) is 5.76 Å². The average molecular weight is 282 g/mol. The molecule has 0 radical (unpaired) electrons. The third kappa shape index (κ3) is 4.09. The van der Waals surface area contributed by atoms with Crippen LogP contribution in [0.3, 0.4) is 0 Å². The summed E-state index contributed by atoms with van der Waals surface area (Å²) in [6.45, 7) is 7.67. The van der Waals surface area contributed by atoms with Crippen LogP contribution in [0.25, 0.3) is 0 Å². The molecule has 1 aromatic heterocycles. The minimum Gasteiger partial charge on any atom is -0.464 e. The predicted octanol–water partition coefficient (Wildman–Crippen LogP) is 1.22. The number of esters is 1. The largest absolute Gasteiger partial charge is 0.464 e. The Kier molecular flexibility index (Phi) is 5.76. The molecule has 1 aromatic rings. The zero-order valence-electron chi connectivity index (χ0n) is 12.4. The van der Waals surface area contributed by atoms with Gasteiger partial charge in [0.05, 0.1) is 13.2 Å². The normalized spacial score (nSPS) is 12.3. The lowest BCUT2D eigenvalue weighted by Gasteiger charge is -2.27. The summed E-state index contributed by atoms with van der Waals surface area (Å²) in [6.07, 6.45) is 0. The summed E-state index contributed by atoms with van der Waals surface area (Å²) in [7, 11) is 0. The van der Waals surface area contributed by atoms with Gasteiger partial charge in [-0.3, -0.25) is 4.79 Å². The van der Waals surface area contributed by atoms with Gasteiger partial charge < -0.3 is 19.8 Å². The second kappa shape index (κ2) is 7.09. The van der Waals surface area contributed by atoms with E-state index in [1.165, 1.54) is 4.90 Å². The van der Waals surface area contributed by atoms with Crippen LogP contribution < -0.4 is 5.73 Å². The topological polar surface area (TPSA) is 85.8 Å². The molecule has 0 aromatic carbocycles. The van der Waals surface area contributed by atoms with Gasteiger partial charge in [0.1, 0.15) is 11.5 Å². The maximum absolute atomic E-state index is 12.3. The molecular formula is C14H22N2O4. The van der Waals surface area contributed by atoms with Gasteiger partial charge in [-0.2, -0.15) is 0 Å². The van der Waals surface area contributed by atoms with Crippen LogP contribution in [0.15, 0.2) is 16.5 Å². The highest BCUT2D eigenvalue weighted by molar-refractivity contribution is 6.01.